The van der Waals surface area contributed by atoms with E-state index >= 15 is 0 Å². The summed E-state index contributed by atoms with van der Waals surface area (Å²) in [6.45, 7) is 3.18. The van der Waals surface area contributed by atoms with Gasteiger partial charge in [-0.2, -0.15) is 0 Å². The molecule has 3 atom stereocenters. The number of fused-ring (bicyclic) bond motifs is 1. The number of ether oxygens (including phenoxy) is 3. The molecule has 3 aromatic rings. The van der Waals surface area contributed by atoms with E-state index in [1.165, 1.54) is 6.33 Å². The Morgan fingerprint density at radius 1 is 1.20 bits per heavy atom. The van der Waals surface area contributed by atoms with Crippen LogP contribution in [0.4, 0.5) is 5.69 Å². The van der Waals surface area contributed by atoms with Gasteiger partial charge in [0.1, 0.15) is 6.33 Å². The number of likely N-dealkylation sites (tertiary alicyclic amines) is 1. The second-order valence-corrected chi connectivity index (χ2v) is 10.3. The summed E-state index contributed by atoms with van der Waals surface area (Å²) in [5, 5.41) is 10.5. The van der Waals surface area contributed by atoms with Crippen molar-refractivity contribution in [3.63, 3.8) is 0 Å². The zero-order valence-corrected chi connectivity index (χ0v) is 23.3. The van der Waals surface area contributed by atoms with Gasteiger partial charge < -0.3 is 24.2 Å². The fourth-order valence-electron chi connectivity index (χ4n) is 5.80. The molecule has 0 spiro atoms. The monoisotopic (exact) mass is 561 g/mol. The van der Waals surface area contributed by atoms with E-state index in [0.29, 0.717) is 43.2 Å². The Hall–Kier alpha value is -4.25. The van der Waals surface area contributed by atoms with Gasteiger partial charge in [0.25, 0.3) is 0 Å². The molecule has 1 N–H and O–H groups in total. The number of hydrogen-bond donors (Lipinski definition) is 1. The number of anilines is 1. The van der Waals surface area contributed by atoms with E-state index in [9.17, 15) is 14.7 Å². The minimum Gasteiger partial charge on any atom is -0.493 e. The maximum absolute atomic E-state index is 13.8. The largest absolute Gasteiger partial charge is 0.493 e. The number of aryl methyl sites for hydroxylation is 1. The van der Waals surface area contributed by atoms with Crippen LogP contribution in [-0.4, -0.2) is 76.4 Å². The normalized spacial score (nSPS) is 19.7. The summed E-state index contributed by atoms with van der Waals surface area (Å²) in [4.78, 5) is 43.0. The Morgan fingerprint density at radius 2 is 2.07 bits per heavy atom. The number of aliphatic carboxylic acids is 1. The molecule has 5 rings (SSSR count). The topological polar surface area (TPSA) is 127 Å². The fraction of sp³-hybridized carbons (Fsp3) is 0.433. The summed E-state index contributed by atoms with van der Waals surface area (Å²) in [7, 11) is 1.54. The van der Waals surface area contributed by atoms with Crippen LogP contribution in [0.1, 0.15) is 43.4 Å². The van der Waals surface area contributed by atoms with Crippen LogP contribution in [0, 0.1) is 5.92 Å². The number of methoxy groups -OCH3 is 1. The van der Waals surface area contributed by atoms with Gasteiger partial charge in [-0.1, -0.05) is 13.3 Å². The molecule has 0 bridgehead atoms. The number of carbonyl (C=O) groups excluding carboxylic acids is 1. The number of nitrogens with zero attached hydrogens (tertiary/aromatic N) is 5. The number of unbranched alkanes of at least 4 members (excludes halogenated alkanes) is 1. The van der Waals surface area contributed by atoms with Crippen molar-refractivity contribution in [2.45, 2.75) is 44.6 Å². The van der Waals surface area contributed by atoms with E-state index < -0.39 is 23.8 Å². The third kappa shape index (κ3) is 6.25. The molecule has 2 aromatic heterocycles. The first-order valence-corrected chi connectivity index (χ1v) is 13.9. The van der Waals surface area contributed by atoms with E-state index in [0.717, 1.165) is 29.8 Å². The fourth-order valence-corrected chi connectivity index (χ4v) is 5.80. The molecular weight excluding hydrogens is 526 g/mol. The van der Waals surface area contributed by atoms with E-state index in [-0.39, 0.29) is 19.2 Å². The first kappa shape index (κ1) is 28.3. The number of carboxylic acids is 1. The molecule has 0 aliphatic carbocycles. The second kappa shape index (κ2) is 12.9. The minimum atomic E-state index is -0.913. The summed E-state index contributed by atoms with van der Waals surface area (Å²) in [5.41, 5.74) is 2.33. The highest BCUT2D eigenvalue weighted by molar-refractivity contribution is 5.94. The van der Waals surface area contributed by atoms with E-state index in [4.69, 9.17) is 14.2 Å². The Kier molecular flexibility index (Phi) is 8.93. The molecule has 1 unspecified atom stereocenters. The Morgan fingerprint density at radius 3 is 2.78 bits per heavy atom. The molecule has 11 nitrogen and oxygen atoms in total. The summed E-state index contributed by atoms with van der Waals surface area (Å²) < 4.78 is 16.7. The average Bonchev–Trinajstić information content (AvgIpc) is 3.61. The summed E-state index contributed by atoms with van der Waals surface area (Å²) in [5.74, 6) is -0.641. The number of aromatic nitrogens is 3. The molecule has 0 saturated carbocycles. The maximum atomic E-state index is 13.8. The van der Waals surface area contributed by atoms with Crippen LogP contribution in [-0.2, 0) is 16.0 Å². The zero-order chi connectivity index (χ0) is 28.8. The van der Waals surface area contributed by atoms with Gasteiger partial charge in [-0.3, -0.25) is 19.5 Å². The predicted octanol–water partition coefficient (Wildman–Crippen LogP) is 3.54. The first-order chi connectivity index (χ1) is 20.0. The molecule has 0 radical (unpaired) electrons. The van der Waals surface area contributed by atoms with Crippen molar-refractivity contribution < 1.29 is 28.9 Å². The van der Waals surface area contributed by atoms with Crippen molar-refractivity contribution in [1.29, 1.82) is 0 Å². The third-order valence-electron chi connectivity index (χ3n) is 7.81. The van der Waals surface area contributed by atoms with Crippen LogP contribution in [0.2, 0.25) is 0 Å². The molecule has 1 saturated heterocycles. The van der Waals surface area contributed by atoms with Crippen molar-refractivity contribution in [2.75, 3.05) is 38.4 Å². The van der Waals surface area contributed by atoms with Crippen LogP contribution in [0.25, 0.3) is 0 Å². The van der Waals surface area contributed by atoms with Crippen molar-refractivity contribution in [3.8, 4) is 17.2 Å². The molecular formula is C30H35N5O6. The van der Waals surface area contributed by atoms with E-state index in [1.54, 1.807) is 30.6 Å². The van der Waals surface area contributed by atoms with Gasteiger partial charge in [-0.25, -0.2) is 9.97 Å². The summed E-state index contributed by atoms with van der Waals surface area (Å²) in [6.07, 6.45) is 9.38. The van der Waals surface area contributed by atoms with Gasteiger partial charge in [-0.05, 0) is 55.2 Å². The minimum absolute atomic E-state index is 0.0757. The van der Waals surface area contributed by atoms with E-state index in [2.05, 4.69) is 21.9 Å². The van der Waals surface area contributed by atoms with Gasteiger partial charge in [0.05, 0.1) is 31.5 Å². The molecule has 2 aliphatic rings. The van der Waals surface area contributed by atoms with Crippen LogP contribution in [0.15, 0.2) is 55.2 Å². The van der Waals surface area contributed by atoms with Crippen LogP contribution in [0.5, 0.6) is 17.2 Å². The number of amides is 1. The lowest BCUT2D eigenvalue weighted by molar-refractivity contribution is -0.143. The van der Waals surface area contributed by atoms with Gasteiger partial charge in [0.15, 0.2) is 11.5 Å². The summed E-state index contributed by atoms with van der Waals surface area (Å²) in [6, 6.07) is 8.76. The van der Waals surface area contributed by atoms with Crippen molar-refractivity contribution in [1.82, 2.24) is 19.9 Å². The number of hydrogen-bond acceptors (Lipinski definition) is 9. The molecule has 11 heteroatoms. The van der Waals surface area contributed by atoms with Crippen molar-refractivity contribution in [2.24, 2.45) is 5.92 Å². The average molecular weight is 562 g/mol. The molecule has 1 aromatic carbocycles. The highest BCUT2D eigenvalue weighted by atomic mass is 16.7. The smallest absolute Gasteiger partial charge is 0.308 e. The Labute approximate surface area is 239 Å². The van der Waals surface area contributed by atoms with Gasteiger partial charge in [0.2, 0.25) is 18.4 Å². The van der Waals surface area contributed by atoms with Crippen molar-refractivity contribution >= 4 is 17.6 Å². The number of carboxylic acid groups (broad SMARTS) is 1. The lowest BCUT2D eigenvalue weighted by Gasteiger charge is -2.29. The third-order valence-corrected chi connectivity index (χ3v) is 7.81. The quantitative estimate of drug-likeness (QED) is 0.351. The summed E-state index contributed by atoms with van der Waals surface area (Å²) >= 11 is 0. The highest BCUT2D eigenvalue weighted by Gasteiger charge is 2.47. The van der Waals surface area contributed by atoms with E-state index in [1.807, 2.05) is 35.2 Å². The van der Waals surface area contributed by atoms with Crippen LogP contribution in [0.3, 0.4) is 0 Å². The van der Waals surface area contributed by atoms with Crippen LogP contribution < -0.4 is 19.1 Å². The predicted molar refractivity (Wildman–Crippen MR) is 150 cm³/mol. The van der Waals surface area contributed by atoms with Crippen LogP contribution >= 0.6 is 0 Å². The highest BCUT2D eigenvalue weighted by Crippen LogP contribution is 2.47. The molecule has 1 fully saturated rings. The maximum Gasteiger partial charge on any atom is 0.308 e. The first-order valence-electron chi connectivity index (χ1n) is 13.9. The second-order valence-electron chi connectivity index (χ2n) is 10.3. The Bertz CT molecular complexity index is 1340. The SMILES string of the molecule is CCCCN(C(=O)CN1C[C@H](c2cc(OC)c3c(c2)OCO3)C(C(=O)O)[C@@H]1CCc1ccncn1)c1cccnc1. The number of pyridine rings is 1. The molecule has 216 valence electrons. The zero-order valence-electron chi connectivity index (χ0n) is 23.3. The van der Waals surface area contributed by atoms with Crippen molar-refractivity contribution in [3.05, 3.63) is 66.5 Å². The van der Waals surface area contributed by atoms with Gasteiger partial charge in [0, 0.05) is 43.1 Å². The van der Waals surface area contributed by atoms with Gasteiger partial charge >= 0.3 is 5.97 Å². The molecule has 2 aliphatic heterocycles. The molecule has 4 heterocycles. The number of rotatable bonds is 12. The van der Waals surface area contributed by atoms with Gasteiger partial charge in [-0.15, -0.1) is 0 Å². The molecule has 1 amide bonds. The number of carbonyl (C=O) groups is 2. The lowest BCUT2D eigenvalue weighted by Crippen LogP contribution is -2.44. The lowest BCUT2D eigenvalue weighted by atomic mass is 9.83. The molecule has 41 heavy (non-hydrogen) atoms. The Balaban J connectivity index is 1.47. The number of benzene rings is 1. The standard InChI is InChI=1S/C30H35N5O6/c1-3-4-12-35(22-6-5-10-31-15-22)27(36)17-34-16-23(20-13-25(39-2)29-26(14-20)40-19-41-29)28(30(37)38)24(34)8-7-21-9-11-32-18-33-21/h5-6,9-11,13-15,18,23-24,28H,3-4,7-8,12,16-17,19H2,1-2H3,(H,37,38)/t23-,24+,28?/m1/s1.